The van der Waals surface area contributed by atoms with E-state index in [2.05, 4.69) is 27.5 Å². The minimum atomic E-state index is -0.805. The maximum absolute atomic E-state index is 14.0. The van der Waals surface area contributed by atoms with E-state index >= 15 is 0 Å². The zero-order chi connectivity index (χ0) is 27.1. The van der Waals surface area contributed by atoms with Gasteiger partial charge in [0.15, 0.2) is 27.9 Å². The Morgan fingerprint density at radius 2 is 1.95 bits per heavy atom. The van der Waals surface area contributed by atoms with Crippen molar-refractivity contribution < 1.29 is 14.3 Å². The van der Waals surface area contributed by atoms with Crippen molar-refractivity contribution in [1.29, 1.82) is 0 Å². The summed E-state index contributed by atoms with van der Waals surface area (Å²) in [6, 6.07) is 4.06. The summed E-state index contributed by atoms with van der Waals surface area (Å²) in [5, 5.41) is 13.3. The van der Waals surface area contributed by atoms with E-state index in [1.807, 2.05) is 42.5 Å². The topological polar surface area (TPSA) is 120 Å². The van der Waals surface area contributed by atoms with Crippen LogP contribution in [0.25, 0.3) is 11.2 Å². The predicted octanol–water partition coefficient (Wildman–Crippen LogP) is 3.82. The van der Waals surface area contributed by atoms with Crippen molar-refractivity contribution in [1.82, 2.24) is 34.8 Å². The average molecular weight is 553 g/mol. The zero-order valence-corrected chi connectivity index (χ0v) is 23.7. The first-order valence-electron chi connectivity index (χ1n) is 13.9. The summed E-state index contributed by atoms with van der Waals surface area (Å²) in [4.78, 5) is 29.6. The molecule has 1 N–H and O–H groups in total. The molecule has 4 atom stereocenters. The molecule has 4 unspecified atom stereocenters. The Balaban J connectivity index is 1.33. The molecular formula is C27H36N8O3S. The van der Waals surface area contributed by atoms with Crippen molar-refractivity contribution in [3.63, 3.8) is 0 Å². The van der Waals surface area contributed by atoms with Crippen molar-refractivity contribution in [2.75, 3.05) is 17.6 Å². The normalized spacial score (nSPS) is 25.6. The quantitative estimate of drug-likeness (QED) is 0.293. The van der Waals surface area contributed by atoms with E-state index in [1.54, 1.807) is 24.2 Å². The van der Waals surface area contributed by atoms with Crippen molar-refractivity contribution in [2.45, 2.75) is 95.2 Å². The smallest absolute Gasteiger partial charge is 0.228 e. The van der Waals surface area contributed by atoms with E-state index in [0.29, 0.717) is 41.9 Å². The minimum absolute atomic E-state index is 0.0578. The number of fused-ring (bicyclic) bond motifs is 2. The van der Waals surface area contributed by atoms with Crippen LogP contribution in [0.3, 0.4) is 0 Å². The lowest BCUT2D eigenvalue weighted by molar-refractivity contribution is -0.166. The number of thioether (sulfide) groups is 1. The van der Waals surface area contributed by atoms with Crippen LogP contribution in [0.1, 0.15) is 65.0 Å². The lowest BCUT2D eigenvalue weighted by Crippen LogP contribution is -2.40. The Kier molecular flexibility index (Phi) is 7.19. The van der Waals surface area contributed by atoms with Gasteiger partial charge in [0.1, 0.15) is 12.2 Å². The van der Waals surface area contributed by atoms with E-state index in [1.165, 1.54) is 0 Å². The summed E-state index contributed by atoms with van der Waals surface area (Å²) in [7, 11) is 0. The van der Waals surface area contributed by atoms with Crippen LogP contribution >= 0.6 is 11.8 Å². The number of hydrogen-bond acceptors (Lipinski definition) is 10. The monoisotopic (exact) mass is 552 g/mol. The lowest BCUT2D eigenvalue weighted by Gasteiger charge is -2.28. The summed E-state index contributed by atoms with van der Waals surface area (Å²) in [5.74, 6) is 0.537. The molecule has 0 radical (unpaired) electrons. The predicted molar refractivity (Wildman–Crippen MR) is 147 cm³/mol. The largest absolute Gasteiger partial charge is 0.365 e. The fourth-order valence-electron chi connectivity index (χ4n) is 5.54. The number of carbonyl (C=O) groups is 1. The first-order chi connectivity index (χ1) is 18.9. The highest BCUT2D eigenvalue weighted by molar-refractivity contribution is 7.99. The summed E-state index contributed by atoms with van der Waals surface area (Å²) < 4.78 is 14.6. The lowest BCUT2D eigenvalue weighted by atomic mass is 10.0. The van der Waals surface area contributed by atoms with Crippen LogP contribution in [0.2, 0.25) is 0 Å². The second-order valence-corrected chi connectivity index (χ2v) is 12.1. The highest BCUT2D eigenvalue weighted by Gasteiger charge is 2.58. The fourth-order valence-corrected chi connectivity index (χ4v) is 6.23. The van der Waals surface area contributed by atoms with Crippen LogP contribution in [-0.2, 0) is 20.8 Å². The Bertz CT molecular complexity index is 1330. The van der Waals surface area contributed by atoms with E-state index in [4.69, 9.17) is 19.4 Å². The average Bonchev–Trinajstić information content (AvgIpc) is 3.41. The molecule has 3 fully saturated rings. The molecule has 0 aromatic carbocycles. The highest BCUT2D eigenvalue weighted by atomic mass is 32.2. The van der Waals surface area contributed by atoms with Crippen molar-refractivity contribution in [3.8, 4) is 0 Å². The van der Waals surface area contributed by atoms with Gasteiger partial charge in [-0.2, -0.15) is 0 Å². The van der Waals surface area contributed by atoms with Crippen LogP contribution in [0, 0.1) is 5.92 Å². The number of nitrogens with zero attached hydrogens (tertiary/aromatic N) is 7. The van der Waals surface area contributed by atoms with Gasteiger partial charge in [-0.15, -0.1) is 5.10 Å². The third kappa shape index (κ3) is 5.33. The molecule has 3 aliphatic rings. The first kappa shape index (κ1) is 26.4. The SMILES string of the molecule is CCCSc1nc(NC2CC2)c2nnn(C3CC(C(=O)N(CC)Cc4ccncc4)C4OC(C)(C)OC43)c2n1. The Hall–Kier alpha value is -2.83. The van der Waals surface area contributed by atoms with Gasteiger partial charge in [0.25, 0.3) is 0 Å². The van der Waals surface area contributed by atoms with E-state index in [9.17, 15) is 4.79 Å². The number of ether oxygens (including phenoxy) is 2. The standard InChI is InChI=1S/C27H36N8O3S/c1-5-13-39-26-30-23(29-17-7-8-17)20-24(31-26)35(33-32-20)19-14-18(21-22(19)38-27(3,4)37-21)25(36)34(6-2)15-16-9-11-28-12-10-16/h9-12,17-19,21-22H,5-8,13-15H2,1-4H3,(H,29,30,31). The second kappa shape index (κ2) is 10.6. The number of carbonyl (C=O) groups excluding carboxylic acids is 1. The van der Waals surface area contributed by atoms with E-state index in [-0.39, 0.29) is 30.1 Å². The van der Waals surface area contributed by atoms with Crippen molar-refractivity contribution >= 4 is 34.7 Å². The van der Waals surface area contributed by atoms with Gasteiger partial charge in [-0.3, -0.25) is 9.78 Å². The number of rotatable bonds is 10. The Morgan fingerprint density at radius 3 is 2.67 bits per heavy atom. The Morgan fingerprint density at radius 1 is 1.18 bits per heavy atom. The van der Waals surface area contributed by atoms with Gasteiger partial charge >= 0.3 is 0 Å². The molecule has 39 heavy (non-hydrogen) atoms. The number of amides is 1. The molecule has 1 aliphatic heterocycles. The fraction of sp³-hybridized carbons (Fsp3) is 0.630. The van der Waals surface area contributed by atoms with Crippen LogP contribution in [0.4, 0.5) is 5.82 Å². The summed E-state index contributed by atoms with van der Waals surface area (Å²) >= 11 is 1.63. The molecule has 11 nitrogen and oxygen atoms in total. The molecule has 2 aliphatic carbocycles. The van der Waals surface area contributed by atoms with Gasteiger partial charge in [0.2, 0.25) is 5.91 Å². The molecular weight excluding hydrogens is 516 g/mol. The third-order valence-electron chi connectivity index (χ3n) is 7.54. The van der Waals surface area contributed by atoms with Crippen LogP contribution in [0.5, 0.6) is 0 Å². The van der Waals surface area contributed by atoms with Gasteiger partial charge in [-0.05, 0) is 64.2 Å². The van der Waals surface area contributed by atoms with Crippen LogP contribution in [0.15, 0.2) is 29.7 Å². The molecule has 0 spiro atoms. The zero-order valence-electron chi connectivity index (χ0n) is 22.9. The van der Waals surface area contributed by atoms with Gasteiger partial charge in [-0.1, -0.05) is 23.9 Å². The van der Waals surface area contributed by atoms with E-state index < -0.39 is 5.79 Å². The molecule has 2 saturated carbocycles. The maximum Gasteiger partial charge on any atom is 0.228 e. The van der Waals surface area contributed by atoms with Crippen molar-refractivity contribution in [3.05, 3.63) is 30.1 Å². The summed E-state index contributed by atoms with van der Waals surface area (Å²) in [6.07, 6.45) is 6.58. The van der Waals surface area contributed by atoms with E-state index in [0.717, 1.165) is 36.4 Å². The number of nitrogens with one attached hydrogen (secondary N) is 1. The number of hydrogen-bond donors (Lipinski definition) is 1. The van der Waals surface area contributed by atoms with Crippen LogP contribution in [-0.4, -0.2) is 77.1 Å². The van der Waals surface area contributed by atoms with Crippen LogP contribution < -0.4 is 5.32 Å². The molecule has 12 heteroatoms. The number of anilines is 1. The molecule has 3 aromatic rings. The number of pyridine rings is 1. The molecule has 1 saturated heterocycles. The maximum atomic E-state index is 14.0. The highest BCUT2D eigenvalue weighted by Crippen LogP contribution is 2.48. The minimum Gasteiger partial charge on any atom is -0.365 e. The molecule has 208 valence electrons. The molecule has 3 aromatic heterocycles. The summed E-state index contributed by atoms with van der Waals surface area (Å²) in [5.41, 5.74) is 2.36. The second-order valence-electron chi connectivity index (χ2n) is 11.0. The Labute approximate surface area is 232 Å². The van der Waals surface area contributed by atoms with Gasteiger partial charge in [0.05, 0.1) is 12.0 Å². The van der Waals surface area contributed by atoms with Gasteiger partial charge in [0, 0.05) is 37.3 Å². The molecule has 0 bridgehead atoms. The summed E-state index contributed by atoms with van der Waals surface area (Å²) in [6.45, 7) is 9.06. The molecule has 1 amide bonds. The number of aromatic nitrogens is 6. The third-order valence-corrected chi connectivity index (χ3v) is 8.59. The molecule has 4 heterocycles. The first-order valence-corrected chi connectivity index (χ1v) is 14.9. The molecule has 6 rings (SSSR count). The van der Waals surface area contributed by atoms with Gasteiger partial charge in [-0.25, -0.2) is 14.6 Å². The van der Waals surface area contributed by atoms with Crippen molar-refractivity contribution in [2.24, 2.45) is 5.92 Å². The van der Waals surface area contributed by atoms with Gasteiger partial charge < -0.3 is 19.7 Å².